The van der Waals surface area contributed by atoms with Gasteiger partial charge in [-0.15, -0.1) is 0 Å². The molecule has 1 aliphatic rings. The quantitative estimate of drug-likeness (QED) is 0.771. The number of fused-ring (bicyclic) bond motifs is 1. The van der Waals surface area contributed by atoms with E-state index in [0.29, 0.717) is 24.3 Å². The standard InChI is InChI=1S/C15H18N6OS/c1-2-12-17-13-4-3-11(8-21(13)19-12)16-7-14-18-15(20-22-14)10-5-6-23-9-10/h5-6,9,11,16H,2-4,7-8H2,1H3/t11-/m0/s1. The van der Waals surface area contributed by atoms with Crippen molar-refractivity contribution < 1.29 is 4.52 Å². The Morgan fingerprint density at radius 3 is 3.22 bits per heavy atom. The minimum atomic E-state index is 0.352. The highest BCUT2D eigenvalue weighted by atomic mass is 32.1. The van der Waals surface area contributed by atoms with Gasteiger partial charge in [0.25, 0.3) is 0 Å². The first kappa shape index (κ1) is 14.5. The number of aromatic nitrogens is 5. The summed E-state index contributed by atoms with van der Waals surface area (Å²) >= 11 is 1.62. The van der Waals surface area contributed by atoms with Crippen LogP contribution in [-0.2, 0) is 25.9 Å². The van der Waals surface area contributed by atoms with E-state index in [-0.39, 0.29) is 0 Å². The third kappa shape index (κ3) is 3.04. The van der Waals surface area contributed by atoms with Crippen LogP contribution in [0, 0.1) is 0 Å². The van der Waals surface area contributed by atoms with Gasteiger partial charge in [0, 0.05) is 29.8 Å². The van der Waals surface area contributed by atoms with E-state index in [0.717, 1.165) is 43.0 Å². The Kier molecular flexibility index (Phi) is 3.92. The smallest absolute Gasteiger partial charge is 0.240 e. The molecule has 0 amide bonds. The zero-order valence-corrected chi connectivity index (χ0v) is 13.7. The Morgan fingerprint density at radius 2 is 2.39 bits per heavy atom. The van der Waals surface area contributed by atoms with E-state index in [9.17, 15) is 0 Å². The van der Waals surface area contributed by atoms with Crippen molar-refractivity contribution in [3.8, 4) is 11.4 Å². The van der Waals surface area contributed by atoms with Gasteiger partial charge in [-0.25, -0.2) is 9.67 Å². The summed E-state index contributed by atoms with van der Waals surface area (Å²) in [5.74, 6) is 3.29. The maximum atomic E-state index is 5.32. The number of thiophene rings is 1. The molecular formula is C15H18N6OS. The Balaban J connectivity index is 1.36. The largest absolute Gasteiger partial charge is 0.338 e. The van der Waals surface area contributed by atoms with Crippen LogP contribution in [0.5, 0.6) is 0 Å². The van der Waals surface area contributed by atoms with Gasteiger partial charge in [0.05, 0.1) is 13.1 Å². The monoisotopic (exact) mass is 330 g/mol. The van der Waals surface area contributed by atoms with Crippen molar-refractivity contribution in [1.29, 1.82) is 0 Å². The fraction of sp³-hybridized carbons (Fsp3) is 0.467. The lowest BCUT2D eigenvalue weighted by Crippen LogP contribution is -2.37. The van der Waals surface area contributed by atoms with Gasteiger partial charge in [-0.2, -0.15) is 21.4 Å². The summed E-state index contributed by atoms with van der Waals surface area (Å²) < 4.78 is 7.34. The van der Waals surface area contributed by atoms with Gasteiger partial charge < -0.3 is 9.84 Å². The third-order valence-electron chi connectivity index (χ3n) is 4.01. The lowest BCUT2D eigenvalue weighted by Gasteiger charge is -2.22. The lowest BCUT2D eigenvalue weighted by molar-refractivity contribution is 0.320. The van der Waals surface area contributed by atoms with Gasteiger partial charge in [0.15, 0.2) is 5.82 Å². The molecule has 0 saturated carbocycles. The van der Waals surface area contributed by atoms with Crippen LogP contribution in [0.25, 0.3) is 11.4 Å². The fourth-order valence-electron chi connectivity index (χ4n) is 2.74. The van der Waals surface area contributed by atoms with Gasteiger partial charge in [-0.3, -0.25) is 0 Å². The van der Waals surface area contributed by atoms with E-state index in [1.165, 1.54) is 0 Å². The average molecular weight is 330 g/mol. The van der Waals surface area contributed by atoms with Crippen molar-refractivity contribution in [1.82, 2.24) is 30.2 Å². The maximum absolute atomic E-state index is 5.32. The van der Waals surface area contributed by atoms with Crippen LogP contribution in [0.4, 0.5) is 0 Å². The van der Waals surface area contributed by atoms with E-state index < -0.39 is 0 Å². The van der Waals surface area contributed by atoms with Gasteiger partial charge in [0.2, 0.25) is 11.7 Å². The third-order valence-corrected chi connectivity index (χ3v) is 4.69. The Hall–Kier alpha value is -2.06. The summed E-state index contributed by atoms with van der Waals surface area (Å²) in [6.07, 6.45) is 2.88. The Bertz CT molecular complexity index is 778. The zero-order valence-electron chi connectivity index (χ0n) is 12.9. The van der Waals surface area contributed by atoms with Gasteiger partial charge in [0.1, 0.15) is 5.82 Å². The fourth-order valence-corrected chi connectivity index (χ4v) is 3.38. The summed E-state index contributed by atoms with van der Waals surface area (Å²) in [4.78, 5) is 8.97. The average Bonchev–Trinajstić information content (AvgIpc) is 3.30. The molecule has 7 nitrogen and oxygen atoms in total. The number of nitrogens with one attached hydrogen (secondary N) is 1. The predicted molar refractivity (Wildman–Crippen MR) is 86.0 cm³/mol. The molecule has 0 radical (unpaired) electrons. The normalized spacial score (nSPS) is 17.3. The molecule has 1 N–H and O–H groups in total. The minimum Gasteiger partial charge on any atom is -0.338 e. The molecular weight excluding hydrogens is 312 g/mol. The van der Waals surface area contributed by atoms with E-state index in [2.05, 4.69) is 32.5 Å². The Labute approximate surface area is 137 Å². The molecule has 23 heavy (non-hydrogen) atoms. The first-order valence-corrected chi connectivity index (χ1v) is 8.77. The molecule has 1 atom stereocenters. The molecule has 0 saturated heterocycles. The van der Waals surface area contributed by atoms with Gasteiger partial charge >= 0.3 is 0 Å². The zero-order chi connectivity index (χ0) is 15.6. The highest BCUT2D eigenvalue weighted by molar-refractivity contribution is 7.08. The first-order chi connectivity index (χ1) is 11.3. The van der Waals surface area contributed by atoms with Crippen molar-refractivity contribution in [2.24, 2.45) is 0 Å². The number of aryl methyl sites for hydroxylation is 2. The number of hydrogen-bond donors (Lipinski definition) is 1. The number of rotatable bonds is 5. The van der Waals surface area contributed by atoms with Gasteiger partial charge in [-0.1, -0.05) is 12.1 Å². The summed E-state index contributed by atoms with van der Waals surface area (Å²) in [7, 11) is 0. The van der Waals surface area contributed by atoms with Crippen molar-refractivity contribution in [2.75, 3.05) is 0 Å². The lowest BCUT2D eigenvalue weighted by atomic mass is 10.1. The van der Waals surface area contributed by atoms with Crippen LogP contribution in [0.2, 0.25) is 0 Å². The Morgan fingerprint density at radius 1 is 1.43 bits per heavy atom. The van der Waals surface area contributed by atoms with Crippen LogP contribution in [-0.4, -0.2) is 30.9 Å². The van der Waals surface area contributed by atoms with Crippen LogP contribution >= 0.6 is 11.3 Å². The molecule has 120 valence electrons. The van der Waals surface area contributed by atoms with Crippen molar-refractivity contribution >= 4 is 11.3 Å². The SMILES string of the molecule is CCc1nc2n(n1)C[C@@H](NCc1nc(-c3ccsc3)no1)CC2. The van der Waals surface area contributed by atoms with Crippen LogP contribution in [0.1, 0.15) is 30.9 Å². The molecule has 4 rings (SSSR count). The first-order valence-electron chi connectivity index (χ1n) is 7.83. The molecule has 0 aliphatic carbocycles. The van der Waals surface area contributed by atoms with E-state index >= 15 is 0 Å². The molecule has 4 heterocycles. The molecule has 0 bridgehead atoms. The molecule has 3 aromatic rings. The van der Waals surface area contributed by atoms with Crippen molar-refractivity contribution in [3.05, 3.63) is 34.4 Å². The predicted octanol–water partition coefficient (Wildman–Crippen LogP) is 2.06. The van der Waals surface area contributed by atoms with Crippen molar-refractivity contribution in [3.63, 3.8) is 0 Å². The second kappa shape index (κ2) is 6.21. The molecule has 0 unspecified atom stereocenters. The summed E-state index contributed by atoms with van der Waals surface area (Å²) in [6, 6.07) is 2.34. The van der Waals surface area contributed by atoms with Gasteiger partial charge in [-0.05, 0) is 17.9 Å². The van der Waals surface area contributed by atoms with Crippen molar-refractivity contribution in [2.45, 2.75) is 45.3 Å². The number of nitrogens with zero attached hydrogens (tertiary/aromatic N) is 5. The highest BCUT2D eigenvalue weighted by Gasteiger charge is 2.21. The van der Waals surface area contributed by atoms with E-state index in [4.69, 9.17) is 4.52 Å². The summed E-state index contributed by atoms with van der Waals surface area (Å²) in [5.41, 5.74) is 1.00. The maximum Gasteiger partial charge on any atom is 0.240 e. The highest BCUT2D eigenvalue weighted by Crippen LogP contribution is 2.19. The second-order valence-corrected chi connectivity index (χ2v) is 6.40. The van der Waals surface area contributed by atoms with E-state index in [1.54, 1.807) is 11.3 Å². The molecule has 3 aromatic heterocycles. The van der Waals surface area contributed by atoms with Crippen LogP contribution in [0.15, 0.2) is 21.3 Å². The summed E-state index contributed by atoms with van der Waals surface area (Å²) in [6.45, 7) is 3.50. The molecule has 1 aliphatic heterocycles. The molecule has 0 aromatic carbocycles. The second-order valence-electron chi connectivity index (χ2n) is 5.62. The minimum absolute atomic E-state index is 0.352. The molecule has 0 fully saturated rings. The van der Waals surface area contributed by atoms with E-state index in [1.807, 2.05) is 21.5 Å². The van der Waals surface area contributed by atoms with Crippen LogP contribution in [0.3, 0.4) is 0 Å². The number of hydrogen-bond acceptors (Lipinski definition) is 7. The molecule has 0 spiro atoms. The topological polar surface area (TPSA) is 81.7 Å². The van der Waals surface area contributed by atoms with Crippen LogP contribution < -0.4 is 5.32 Å². The summed E-state index contributed by atoms with van der Waals surface area (Å²) in [5, 5.41) is 16.1. The molecule has 8 heteroatoms.